The minimum atomic E-state index is -1.15. The standard InChI is InChI=1S/C19H17N5O3.C18H15N5O3/c1-11-3-5-12(6-4-11)15-10-22-17(20)16(24-15)18(25)23-13-7-8-14(21-9-13)19(26)27-2;1-10-2-4-11(5-3-10)14-9-21-16(19)15(23-14)17(24)22-12-6-7-13(18(25)26)20-8-12/h3-10H,1-2H3,(H2,20,22)(H,23,25);2-9H,1H3,(H2,19,21)(H,22,24)(H,25,26). The van der Waals surface area contributed by atoms with Gasteiger partial charge in [0, 0.05) is 11.1 Å². The van der Waals surface area contributed by atoms with Gasteiger partial charge < -0.3 is 31.9 Å². The molecular weight excluding hydrogens is 680 g/mol. The van der Waals surface area contributed by atoms with E-state index < -0.39 is 23.8 Å². The summed E-state index contributed by atoms with van der Waals surface area (Å²) in [5.41, 5.74) is 17.2. The van der Waals surface area contributed by atoms with Crippen LogP contribution in [0.3, 0.4) is 0 Å². The van der Waals surface area contributed by atoms with Gasteiger partial charge in [0.15, 0.2) is 23.0 Å². The number of nitrogens with one attached hydrogen (secondary N) is 2. The summed E-state index contributed by atoms with van der Waals surface area (Å²) in [6.07, 6.45) is 5.61. The Bertz CT molecular complexity index is 2280. The number of aryl methyl sites for hydroxylation is 2. The highest BCUT2D eigenvalue weighted by atomic mass is 16.5. The van der Waals surface area contributed by atoms with Gasteiger partial charge in [0.2, 0.25) is 0 Å². The first-order chi connectivity index (χ1) is 25.4. The monoisotopic (exact) mass is 712 g/mol. The van der Waals surface area contributed by atoms with Crippen molar-refractivity contribution in [2.24, 2.45) is 0 Å². The molecule has 16 heteroatoms. The van der Waals surface area contributed by atoms with E-state index in [4.69, 9.17) is 16.6 Å². The zero-order chi connectivity index (χ0) is 38.1. The average Bonchev–Trinajstić information content (AvgIpc) is 3.16. The molecule has 0 aliphatic heterocycles. The van der Waals surface area contributed by atoms with E-state index in [0.29, 0.717) is 22.8 Å². The molecule has 0 bridgehead atoms. The first kappa shape index (κ1) is 36.7. The Morgan fingerprint density at radius 1 is 0.585 bits per heavy atom. The Balaban J connectivity index is 0.000000204. The second kappa shape index (κ2) is 16.4. The lowest BCUT2D eigenvalue weighted by molar-refractivity contribution is 0.0593. The van der Waals surface area contributed by atoms with Crippen LogP contribution in [-0.4, -0.2) is 65.9 Å². The molecule has 2 aromatic carbocycles. The number of aromatic carboxylic acids is 1. The number of ether oxygens (including phenoxy) is 1. The molecule has 0 spiro atoms. The lowest BCUT2D eigenvalue weighted by atomic mass is 10.1. The maximum atomic E-state index is 12.5. The number of esters is 1. The molecule has 0 saturated heterocycles. The van der Waals surface area contributed by atoms with Gasteiger partial charge >= 0.3 is 11.9 Å². The number of anilines is 4. The van der Waals surface area contributed by atoms with Gasteiger partial charge in [0.05, 0.1) is 54.7 Å². The number of aromatic nitrogens is 6. The number of nitrogens with two attached hydrogens (primary N) is 2. The van der Waals surface area contributed by atoms with Crippen LogP contribution in [0.1, 0.15) is 53.1 Å². The molecule has 4 aromatic heterocycles. The SMILES string of the molecule is COC(=O)c1ccc(NC(=O)c2nc(-c3ccc(C)cc3)cnc2N)cn1.Cc1ccc(-c2cnc(N)c(C(=O)Nc3ccc(C(=O)O)nc3)n2)cc1. The molecular formula is C37H32N10O6. The highest BCUT2D eigenvalue weighted by Gasteiger charge is 2.17. The smallest absolute Gasteiger partial charge is 0.356 e. The van der Waals surface area contributed by atoms with E-state index in [-0.39, 0.29) is 34.4 Å². The van der Waals surface area contributed by atoms with Crippen LogP contribution in [0.15, 0.2) is 97.6 Å². The maximum Gasteiger partial charge on any atom is 0.356 e. The van der Waals surface area contributed by atoms with E-state index in [0.717, 1.165) is 22.3 Å². The summed E-state index contributed by atoms with van der Waals surface area (Å²) in [5, 5.41) is 14.1. The summed E-state index contributed by atoms with van der Waals surface area (Å²) in [7, 11) is 1.27. The number of methoxy groups -OCH3 is 1. The van der Waals surface area contributed by atoms with Crippen LogP contribution in [-0.2, 0) is 4.74 Å². The molecule has 16 nitrogen and oxygen atoms in total. The number of amides is 2. The summed E-state index contributed by atoms with van der Waals surface area (Å²) in [5.74, 6) is -2.79. The quantitative estimate of drug-likeness (QED) is 0.132. The third kappa shape index (κ3) is 9.34. The van der Waals surface area contributed by atoms with Gasteiger partial charge in [-0.3, -0.25) is 9.59 Å². The summed E-state index contributed by atoms with van der Waals surface area (Å²) < 4.78 is 4.58. The van der Waals surface area contributed by atoms with Crippen LogP contribution in [0, 0.1) is 13.8 Å². The number of nitrogens with zero attached hydrogens (tertiary/aromatic N) is 6. The molecule has 4 heterocycles. The Hall–Kier alpha value is -7.62. The van der Waals surface area contributed by atoms with Crippen LogP contribution in [0.25, 0.3) is 22.5 Å². The third-order valence-electron chi connectivity index (χ3n) is 7.38. The van der Waals surface area contributed by atoms with E-state index in [1.165, 1.54) is 56.2 Å². The molecule has 0 unspecified atom stereocenters. The van der Waals surface area contributed by atoms with Gasteiger partial charge in [-0.2, -0.15) is 0 Å². The number of nitrogen functional groups attached to an aromatic ring is 2. The number of carbonyl (C=O) groups is 4. The highest BCUT2D eigenvalue weighted by Crippen LogP contribution is 2.21. The molecule has 0 radical (unpaired) electrons. The van der Waals surface area contributed by atoms with Crippen LogP contribution in [0.2, 0.25) is 0 Å². The fourth-order valence-electron chi connectivity index (χ4n) is 4.53. The second-order valence-corrected chi connectivity index (χ2v) is 11.3. The van der Waals surface area contributed by atoms with E-state index in [9.17, 15) is 19.2 Å². The fraction of sp³-hybridized carbons (Fsp3) is 0.0811. The van der Waals surface area contributed by atoms with Crippen molar-refractivity contribution in [3.63, 3.8) is 0 Å². The molecule has 6 aromatic rings. The molecule has 0 fully saturated rings. The number of carbonyl (C=O) groups excluding carboxylic acids is 3. The Labute approximate surface area is 302 Å². The van der Waals surface area contributed by atoms with Crippen molar-refractivity contribution >= 4 is 46.8 Å². The lowest BCUT2D eigenvalue weighted by Crippen LogP contribution is -2.17. The van der Waals surface area contributed by atoms with E-state index in [2.05, 4.69) is 45.3 Å². The lowest BCUT2D eigenvalue weighted by Gasteiger charge is -2.09. The number of pyridine rings is 2. The minimum absolute atomic E-state index is 0.00474. The van der Waals surface area contributed by atoms with E-state index in [1.807, 2.05) is 62.4 Å². The average molecular weight is 713 g/mol. The summed E-state index contributed by atoms with van der Waals surface area (Å²) in [6, 6.07) is 21.0. The fourth-order valence-corrected chi connectivity index (χ4v) is 4.53. The van der Waals surface area contributed by atoms with Crippen LogP contribution >= 0.6 is 0 Å². The van der Waals surface area contributed by atoms with Crippen molar-refractivity contribution in [3.05, 3.63) is 131 Å². The summed E-state index contributed by atoms with van der Waals surface area (Å²) in [4.78, 5) is 71.6. The molecule has 0 aliphatic rings. The number of benzene rings is 2. The van der Waals surface area contributed by atoms with Crippen molar-refractivity contribution in [1.29, 1.82) is 0 Å². The van der Waals surface area contributed by atoms with E-state index in [1.54, 1.807) is 0 Å². The Kier molecular flexibility index (Phi) is 11.3. The largest absolute Gasteiger partial charge is 0.477 e. The predicted octanol–water partition coefficient (Wildman–Crippen LogP) is 4.85. The normalized spacial score (nSPS) is 10.3. The van der Waals surface area contributed by atoms with Gasteiger partial charge in [0.1, 0.15) is 11.4 Å². The topological polar surface area (TPSA) is 251 Å². The molecule has 0 saturated carbocycles. The van der Waals surface area contributed by atoms with Gasteiger partial charge in [0.25, 0.3) is 11.8 Å². The van der Waals surface area contributed by atoms with Crippen molar-refractivity contribution in [2.75, 3.05) is 29.2 Å². The molecule has 266 valence electrons. The number of hydrogen-bond donors (Lipinski definition) is 5. The number of hydrogen-bond acceptors (Lipinski definition) is 13. The summed E-state index contributed by atoms with van der Waals surface area (Å²) in [6.45, 7) is 3.96. The number of carboxylic acids is 1. The van der Waals surface area contributed by atoms with Crippen LogP contribution in [0.5, 0.6) is 0 Å². The first-order valence-corrected chi connectivity index (χ1v) is 15.7. The number of carboxylic acid groups (broad SMARTS) is 1. The van der Waals surface area contributed by atoms with Gasteiger partial charge in [-0.1, -0.05) is 59.7 Å². The molecule has 0 aliphatic carbocycles. The van der Waals surface area contributed by atoms with Crippen molar-refractivity contribution in [2.45, 2.75) is 13.8 Å². The van der Waals surface area contributed by atoms with Crippen molar-refractivity contribution in [3.8, 4) is 22.5 Å². The van der Waals surface area contributed by atoms with Crippen molar-refractivity contribution in [1.82, 2.24) is 29.9 Å². The zero-order valence-corrected chi connectivity index (χ0v) is 28.6. The predicted molar refractivity (Wildman–Crippen MR) is 196 cm³/mol. The molecule has 2 amide bonds. The molecule has 0 atom stereocenters. The Morgan fingerprint density at radius 3 is 1.36 bits per heavy atom. The minimum Gasteiger partial charge on any atom is -0.477 e. The van der Waals surface area contributed by atoms with Gasteiger partial charge in [-0.05, 0) is 38.1 Å². The third-order valence-corrected chi connectivity index (χ3v) is 7.38. The second-order valence-electron chi connectivity index (χ2n) is 11.3. The number of rotatable bonds is 8. The molecule has 6 rings (SSSR count). The summed E-state index contributed by atoms with van der Waals surface area (Å²) >= 11 is 0. The van der Waals surface area contributed by atoms with Gasteiger partial charge in [-0.25, -0.2) is 39.5 Å². The van der Waals surface area contributed by atoms with Crippen LogP contribution in [0.4, 0.5) is 23.0 Å². The van der Waals surface area contributed by atoms with E-state index >= 15 is 0 Å². The molecule has 7 N–H and O–H groups in total. The Morgan fingerprint density at radius 2 is 1.00 bits per heavy atom. The molecule has 53 heavy (non-hydrogen) atoms. The zero-order valence-electron chi connectivity index (χ0n) is 28.6. The van der Waals surface area contributed by atoms with Crippen molar-refractivity contribution < 1.29 is 29.0 Å². The first-order valence-electron chi connectivity index (χ1n) is 15.7. The van der Waals surface area contributed by atoms with Crippen LogP contribution < -0.4 is 22.1 Å². The van der Waals surface area contributed by atoms with Gasteiger partial charge in [-0.15, -0.1) is 0 Å². The maximum absolute atomic E-state index is 12.5. The highest BCUT2D eigenvalue weighted by molar-refractivity contribution is 6.06.